The fourth-order valence-electron chi connectivity index (χ4n) is 3.43. The average Bonchev–Trinajstić information content (AvgIpc) is 3.08. The van der Waals surface area contributed by atoms with E-state index >= 15 is 0 Å². The molecule has 1 aliphatic heterocycles. The van der Waals surface area contributed by atoms with Crippen molar-refractivity contribution in [2.45, 2.75) is 19.1 Å². The monoisotopic (exact) mass is 359 g/mol. The topological polar surface area (TPSA) is 21.6 Å². The maximum absolute atomic E-state index is 6.09. The minimum absolute atomic E-state index is 0.00799. The molecule has 0 aromatic heterocycles. The average molecular weight is 359 g/mol. The highest BCUT2D eigenvalue weighted by Gasteiger charge is 2.33. The summed E-state index contributed by atoms with van der Waals surface area (Å²) in [7, 11) is -0.485. The van der Waals surface area contributed by atoms with Crippen molar-refractivity contribution in [3.05, 3.63) is 96.6 Å². The van der Waals surface area contributed by atoms with Gasteiger partial charge in [-0.25, -0.2) is 4.99 Å². The van der Waals surface area contributed by atoms with Crippen molar-refractivity contribution in [3.8, 4) is 0 Å². The number of nitrogens with zero attached hydrogens (tertiary/aromatic N) is 1. The molecule has 0 bridgehead atoms. The Labute approximate surface area is 156 Å². The third-order valence-corrected chi connectivity index (χ3v) is 7.21. The van der Waals surface area contributed by atoms with E-state index in [1.165, 1.54) is 16.2 Å². The van der Waals surface area contributed by atoms with Crippen molar-refractivity contribution in [3.63, 3.8) is 0 Å². The van der Waals surface area contributed by atoms with Gasteiger partial charge in [0.2, 0.25) is 0 Å². The summed E-state index contributed by atoms with van der Waals surface area (Å²) < 4.78 is 6.09. The molecule has 3 aromatic rings. The number of aliphatic imine (C=N–C) groups is 1. The van der Waals surface area contributed by atoms with Gasteiger partial charge in [0, 0.05) is 13.1 Å². The van der Waals surface area contributed by atoms with Crippen molar-refractivity contribution in [1.29, 1.82) is 0 Å². The molecule has 2 atom stereocenters. The van der Waals surface area contributed by atoms with Crippen LogP contribution in [0.1, 0.15) is 18.6 Å². The van der Waals surface area contributed by atoms with Crippen molar-refractivity contribution in [2.24, 2.45) is 4.99 Å². The first kappa shape index (κ1) is 17.0. The molecule has 0 spiro atoms. The lowest BCUT2D eigenvalue weighted by molar-refractivity contribution is 0.201. The molecule has 0 N–H and O–H groups in total. The molecule has 0 fully saturated rings. The second-order valence-corrected chi connectivity index (χ2v) is 8.70. The summed E-state index contributed by atoms with van der Waals surface area (Å²) in [6.07, 6.45) is 0.994. The zero-order valence-electron chi connectivity index (χ0n) is 14.8. The smallest absolute Gasteiger partial charge is 0.181 e. The zero-order valence-corrected chi connectivity index (χ0v) is 15.7. The van der Waals surface area contributed by atoms with Gasteiger partial charge >= 0.3 is 0 Å². The quantitative estimate of drug-likeness (QED) is 0.606. The van der Waals surface area contributed by atoms with E-state index in [9.17, 15) is 0 Å². The molecule has 0 saturated heterocycles. The molecule has 26 heavy (non-hydrogen) atoms. The maximum atomic E-state index is 6.09. The van der Waals surface area contributed by atoms with Crippen LogP contribution < -0.4 is 10.6 Å². The molecule has 130 valence electrons. The van der Waals surface area contributed by atoms with Crippen LogP contribution >= 0.6 is 7.92 Å². The van der Waals surface area contributed by atoms with Gasteiger partial charge in [0.25, 0.3) is 0 Å². The van der Waals surface area contributed by atoms with Gasteiger partial charge in [-0.15, -0.1) is 0 Å². The highest BCUT2D eigenvalue weighted by molar-refractivity contribution is 7.73. The molecule has 3 aromatic carbocycles. The Morgan fingerprint density at radius 1 is 0.769 bits per heavy atom. The molecule has 0 radical (unpaired) electrons. The van der Waals surface area contributed by atoms with Gasteiger partial charge in [-0.05, 0) is 24.1 Å². The summed E-state index contributed by atoms with van der Waals surface area (Å²) in [6, 6.07) is 32.2. The summed E-state index contributed by atoms with van der Waals surface area (Å²) in [5.74, 6) is 0.792. The minimum atomic E-state index is -0.485. The van der Waals surface area contributed by atoms with E-state index in [-0.39, 0.29) is 12.1 Å². The van der Waals surface area contributed by atoms with Gasteiger partial charge in [-0.1, -0.05) is 91.0 Å². The van der Waals surface area contributed by atoms with E-state index < -0.39 is 7.92 Å². The Kier molecular flexibility index (Phi) is 5.13. The second-order valence-electron chi connectivity index (χ2n) is 6.45. The lowest BCUT2D eigenvalue weighted by atomic mass is 10.0. The van der Waals surface area contributed by atoms with Crippen LogP contribution in [0.3, 0.4) is 0 Å². The lowest BCUT2D eigenvalue weighted by Crippen LogP contribution is -2.24. The Hall–Kier alpha value is -2.44. The van der Waals surface area contributed by atoms with Crippen molar-refractivity contribution in [1.82, 2.24) is 0 Å². The molecule has 0 amide bonds. The largest absolute Gasteiger partial charge is 0.471 e. The molecular weight excluding hydrogens is 337 g/mol. The summed E-state index contributed by atoms with van der Waals surface area (Å²) in [5, 5.41) is 2.78. The summed E-state index contributed by atoms with van der Waals surface area (Å²) >= 11 is 0. The molecule has 4 rings (SSSR count). The SMILES string of the molecule is CC1=N[C@@H](CP(c2ccccc2)c2ccccc2)[C@H](c2ccccc2)O1. The fraction of sp³-hybridized carbons (Fsp3) is 0.174. The van der Waals surface area contributed by atoms with Gasteiger partial charge in [-0.3, -0.25) is 0 Å². The number of ether oxygens (including phenoxy) is 1. The van der Waals surface area contributed by atoms with Crippen LogP contribution in [0.15, 0.2) is 96.0 Å². The number of hydrogen-bond acceptors (Lipinski definition) is 2. The Morgan fingerprint density at radius 2 is 1.27 bits per heavy atom. The van der Waals surface area contributed by atoms with E-state index in [2.05, 4.69) is 84.9 Å². The van der Waals surface area contributed by atoms with E-state index in [4.69, 9.17) is 9.73 Å². The third-order valence-electron chi connectivity index (χ3n) is 4.63. The van der Waals surface area contributed by atoms with E-state index in [1.54, 1.807) is 0 Å². The molecule has 0 aliphatic carbocycles. The van der Waals surface area contributed by atoms with Crippen LogP contribution in [0.25, 0.3) is 0 Å². The lowest BCUT2D eigenvalue weighted by Gasteiger charge is -2.24. The summed E-state index contributed by atoms with van der Waals surface area (Å²) in [6.45, 7) is 1.96. The molecule has 2 nitrogen and oxygen atoms in total. The van der Waals surface area contributed by atoms with Crippen LogP contribution in [0.5, 0.6) is 0 Å². The Balaban J connectivity index is 1.66. The van der Waals surface area contributed by atoms with Crippen molar-refractivity contribution >= 4 is 24.4 Å². The first-order valence-electron chi connectivity index (χ1n) is 8.95. The molecular formula is C23H22NOP. The van der Waals surface area contributed by atoms with Gasteiger partial charge < -0.3 is 4.74 Å². The predicted molar refractivity (Wildman–Crippen MR) is 111 cm³/mol. The molecule has 0 unspecified atom stereocenters. The molecule has 0 saturated carbocycles. The third kappa shape index (κ3) is 3.71. The summed E-state index contributed by atoms with van der Waals surface area (Å²) in [5.41, 5.74) is 1.20. The maximum Gasteiger partial charge on any atom is 0.181 e. The van der Waals surface area contributed by atoms with Gasteiger partial charge in [0.15, 0.2) is 5.90 Å². The zero-order chi connectivity index (χ0) is 17.8. The highest BCUT2D eigenvalue weighted by Crippen LogP contribution is 2.40. The molecule has 3 heteroatoms. The van der Waals surface area contributed by atoms with Crippen LogP contribution in [-0.4, -0.2) is 18.1 Å². The van der Waals surface area contributed by atoms with Crippen LogP contribution in [0.2, 0.25) is 0 Å². The first-order valence-corrected chi connectivity index (χ1v) is 10.5. The predicted octanol–water partition coefficient (Wildman–Crippen LogP) is 4.68. The minimum Gasteiger partial charge on any atom is -0.471 e. The fourth-order valence-corrected chi connectivity index (χ4v) is 5.86. The standard InChI is InChI=1S/C23H22NOP/c1-18-24-22(23(25-18)19-11-5-2-6-12-19)17-26(20-13-7-3-8-14-20)21-15-9-4-10-16-21/h2-16,22-23H,17H2,1H3/t22-,23-/m0/s1. The van der Waals surface area contributed by atoms with Crippen molar-refractivity contribution < 1.29 is 4.74 Å². The van der Waals surface area contributed by atoms with E-state index in [1.807, 2.05) is 13.0 Å². The molecule has 1 aliphatic rings. The van der Waals surface area contributed by atoms with E-state index in [0.717, 1.165) is 12.1 Å². The Morgan fingerprint density at radius 3 is 1.81 bits per heavy atom. The van der Waals surface area contributed by atoms with E-state index in [0.29, 0.717) is 0 Å². The molecule has 1 heterocycles. The van der Waals surface area contributed by atoms with Gasteiger partial charge in [0.05, 0.1) is 6.04 Å². The van der Waals surface area contributed by atoms with Gasteiger partial charge in [0.1, 0.15) is 6.10 Å². The van der Waals surface area contributed by atoms with Crippen LogP contribution in [-0.2, 0) is 4.74 Å². The normalized spacial score (nSPS) is 19.2. The number of benzene rings is 3. The summed E-state index contributed by atoms with van der Waals surface area (Å²) in [4.78, 5) is 4.85. The highest BCUT2D eigenvalue weighted by atomic mass is 31.1. The van der Waals surface area contributed by atoms with Crippen LogP contribution in [0.4, 0.5) is 0 Å². The van der Waals surface area contributed by atoms with Crippen molar-refractivity contribution in [2.75, 3.05) is 6.16 Å². The van der Waals surface area contributed by atoms with Gasteiger partial charge in [-0.2, -0.15) is 0 Å². The Bertz CT molecular complexity index is 825. The van der Waals surface area contributed by atoms with Crippen LogP contribution in [0, 0.1) is 0 Å². The number of hydrogen-bond donors (Lipinski definition) is 0. The first-order chi connectivity index (χ1) is 12.8. The number of rotatable bonds is 5. The second kappa shape index (κ2) is 7.85.